The van der Waals surface area contributed by atoms with Gasteiger partial charge < -0.3 is 9.47 Å². The van der Waals surface area contributed by atoms with E-state index in [1.165, 1.54) is 22.2 Å². The Morgan fingerprint density at radius 1 is 1.26 bits per heavy atom. The third kappa shape index (κ3) is 1.44. The molecule has 2 aromatic rings. The monoisotopic (exact) mass is 273 g/mol. The summed E-state index contributed by atoms with van der Waals surface area (Å²) in [4.78, 5) is 13.9. The van der Waals surface area contributed by atoms with Crippen molar-refractivity contribution in [3.05, 3.63) is 29.5 Å². The lowest BCUT2D eigenvalue weighted by Gasteiger charge is -2.27. The minimum atomic E-state index is 0.173. The lowest BCUT2D eigenvalue weighted by Crippen LogP contribution is -2.35. The van der Waals surface area contributed by atoms with Crippen molar-refractivity contribution in [1.29, 1.82) is 0 Å². The molecule has 0 saturated heterocycles. The lowest BCUT2D eigenvalue weighted by molar-refractivity contribution is -0.119. The summed E-state index contributed by atoms with van der Waals surface area (Å²) in [6.45, 7) is 2.47. The number of nitrogens with zero attached hydrogens (tertiary/aromatic N) is 3. The average Bonchev–Trinajstić information content (AvgIpc) is 2.71. The molecule has 19 heavy (non-hydrogen) atoms. The Morgan fingerprint density at radius 3 is 2.95 bits per heavy atom. The lowest BCUT2D eigenvalue weighted by atomic mass is 10.1. The van der Waals surface area contributed by atoms with E-state index in [2.05, 4.69) is 30.8 Å². The number of amides is 1. The van der Waals surface area contributed by atoms with Crippen molar-refractivity contribution in [2.24, 2.45) is 0 Å². The third-order valence-electron chi connectivity index (χ3n) is 4.31. The summed E-state index contributed by atoms with van der Waals surface area (Å²) in [6, 6.07) is 6.28. The Hall–Kier alpha value is -1.38. The van der Waals surface area contributed by atoms with Crippen molar-refractivity contribution in [3.8, 4) is 0 Å². The van der Waals surface area contributed by atoms with Crippen molar-refractivity contribution in [1.82, 2.24) is 9.24 Å². The molecule has 2 aliphatic rings. The first-order valence-electron chi connectivity index (χ1n) is 6.56. The van der Waals surface area contributed by atoms with Gasteiger partial charge in [0, 0.05) is 37.6 Å². The molecule has 1 amide bonds. The molecule has 0 saturated carbocycles. The number of para-hydroxylation sites is 1. The van der Waals surface area contributed by atoms with Crippen LogP contribution in [0.2, 0.25) is 0 Å². The highest BCUT2D eigenvalue weighted by Gasteiger charge is 2.29. The van der Waals surface area contributed by atoms with Crippen molar-refractivity contribution in [3.63, 3.8) is 0 Å². The van der Waals surface area contributed by atoms with E-state index in [0.717, 1.165) is 25.2 Å². The van der Waals surface area contributed by atoms with Gasteiger partial charge in [0.2, 0.25) is 5.91 Å². The molecule has 0 spiro atoms. The topological polar surface area (TPSA) is 28.5 Å². The Labute approximate surface area is 114 Å². The molecule has 1 aromatic heterocycles. The highest BCUT2D eigenvalue weighted by atomic mass is 31.0. The van der Waals surface area contributed by atoms with Crippen molar-refractivity contribution < 1.29 is 4.79 Å². The van der Waals surface area contributed by atoms with Crippen LogP contribution in [0.4, 0.5) is 5.69 Å². The van der Waals surface area contributed by atoms with Crippen LogP contribution in [0.1, 0.15) is 11.3 Å². The number of hydrogen-bond acceptors (Lipinski definition) is 2. The molecule has 0 fully saturated rings. The Kier molecular flexibility index (Phi) is 2.30. The predicted octanol–water partition coefficient (Wildman–Crippen LogP) is 1.77. The van der Waals surface area contributed by atoms with E-state index in [4.69, 9.17) is 0 Å². The second-order valence-electron chi connectivity index (χ2n) is 5.36. The number of anilines is 1. The van der Waals surface area contributed by atoms with Crippen molar-refractivity contribution >= 4 is 31.9 Å². The second kappa shape index (κ2) is 3.81. The maximum Gasteiger partial charge on any atom is 0.246 e. The molecule has 3 heterocycles. The maximum absolute atomic E-state index is 12.1. The Bertz CT molecular complexity index is 706. The molecular weight excluding hydrogens is 257 g/mol. The molecule has 0 radical (unpaired) electrons. The van der Waals surface area contributed by atoms with E-state index >= 15 is 0 Å². The maximum atomic E-state index is 12.1. The molecule has 1 aromatic carbocycles. The Balaban J connectivity index is 2.09. The van der Waals surface area contributed by atoms with E-state index in [0.29, 0.717) is 6.54 Å². The fourth-order valence-corrected chi connectivity index (χ4v) is 3.64. The van der Waals surface area contributed by atoms with Gasteiger partial charge in [0.05, 0.1) is 11.2 Å². The molecule has 0 aliphatic carbocycles. The van der Waals surface area contributed by atoms with Crippen LogP contribution in [0.5, 0.6) is 0 Å². The number of rotatable bonds is 0. The van der Waals surface area contributed by atoms with Gasteiger partial charge in [-0.05, 0) is 11.6 Å². The van der Waals surface area contributed by atoms with Crippen LogP contribution in [0.25, 0.3) is 10.9 Å². The molecule has 1 unspecified atom stereocenters. The predicted molar refractivity (Wildman–Crippen MR) is 79.2 cm³/mol. The number of carbonyl (C=O) groups is 1. The fourth-order valence-electron chi connectivity index (χ4n) is 3.33. The Morgan fingerprint density at radius 2 is 2.11 bits per heavy atom. The molecule has 4 rings (SSSR count). The highest BCUT2D eigenvalue weighted by Crippen LogP contribution is 2.38. The summed E-state index contributed by atoms with van der Waals surface area (Å²) in [7, 11) is 4.66. The van der Waals surface area contributed by atoms with Gasteiger partial charge in [-0.1, -0.05) is 21.5 Å². The fraction of sp³-hybridized carbons (Fsp3) is 0.357. The zero-order valence-corrected chi connectivity index (χ0v) is 12.0. The highest BCUT2D eigenvalue weighted by molar-refractivity contribution is 7.13. The van der Waals surface area contributed by atoms with Crippen LogP contribution in [-0.2, 0) is 24.3 Å². The molecule has 98 valence electrons. The van der Waals surface area contributed by atoms with E-state index in [-0.39, 0.29) is 5.91 Å². The van der Waals surface area contributed by atoms with Crippen LogP contribution >= 0.6 is 9.39 Å². The summed E-state index contributed by atoms with van der Waals surface area (Å²) < 4.78 is 4.50. The first-order valence-corrected chi connectivity index (χ1v) is 7.07. The van der Waals surface area contributed by atoms with Crippen LogP contribution in [0.3, 0.4) is 0 Å². The molecule has 0 bridgehead atoms. The first kappa shape index (κ1) is 11.4. The summed E-state index contributed by atoms with van der Waals surface area (Å²) in [5.74, 6) is 0.173. The van der Waals surface area contributed by atoms with Crippen LogP contribution < -0.4 is 4.90 Å². The van der Waals surface area contributed by atoms with Gasteiger partial charge in [0.25, 0.3) is 0 Å². The van der Waals surface area contributed by atoms with E-state index in [9.17, 15) is 4.79 Å². The number of benzene rings is 1. The zero-order valence-electron chi connectivity index (χ0n) is 10.9. The van der Waals surface area contributed by atoms with E-state index < -0.39 is 0 Å². The van der Waals surface area contributed by atoms with Crippen LogP contribution in [0, 0.1) is 0 Å². The summed E-state index contributed by atoms with van der Waals surface area (Å²) in [5.41, 5.74) is 5.01. The van der Waals surface area contributed by atoms with E-state index in [1.807, 2.05) is 13.1 Å². The normalized spacial score (nSPS) is 19.1. The average molecular weight is 273 g/mol. The summed E-state index contributed by atoms with van der Waals surface area (Å²) in [5, 5.41) is 1.30. The van der Waals surface area contributed by atoms with Gasteiger partial charge in [0.15, 0.2) is 0 Å². The molecule has 5 heteroatoms. The number of likely N-dealkylation sites (N-methyl/N-ethyl adjacent to an activating group) is 1. The van der Waals surface area contributed by atoms with Gasteiger partial charge >= 0.3 is 0 Å². The molecule has 2 aliphatic heterocycles. The number of aromatic nitrogens is 1. The minimum absolute atomic E-state index is 0.173. The standard InChI is InChI=1S/C14H16N3OP/c1-15-12-4-2-3-9-10-7-16(19)6-5-11(10)17(14(9)12)8-13(15)18/h2-4H,5-8,19H2,1H3. The summed E-state index contributed by atoms with van der Waals surface area (Å²) in [6.07, 6.45) is 1.02. The van der Waals surface area contributed by atoms with Gasteiger partial charge in [-0.3, -0.25) is 9.46 Å². The zero-order chi connectivity index (χ0) is 13.1. The van der Waals surface area contributed by atoms with Crippen molar-refractivity contribution in [2.75, 3.05) is 18.5 Å². The SMILES string of the molecule is CN1C(=O)Cn2c3c(c4cccc1c42)CN(P)CC3. The largest absolute Gasteiger partial charge is 0.333 e. The smallest absolute Gasteiger partial charge is 0.246 e. The quantitative estimate of drug-likeness (QED) is 0.684. The molecule has 1 atom stereocenters. The minimum Gasteiger partial charge on any atom is -0.333 e. The molecular formula is C14H16N3OP. The van der Waals surface area contributed by atoms with Crippen LogP contribution in [-0.4, -0.2) is 28.7 Å². The number of fused-ring (bicyclic) bond motifs is 3. The number of carbonyl (C=O) groups excluding carboxylic acids is 1. The second-order valence-corrected chi connectivity index (χ2v) is 6.09. The van der Waals surface area contributed by atoms with E-state index in [1.54, 1.807) is 4.90 Å². The van der Waals surface area contributed by atoms with Gasteiger partial charge in [-0.25, -0.2) is 0 Å². The molecule has 4 nitrogen and oxygen atoms in total. The summed E-state index contributed by atoms with van der Waals surface area (Å²) >= 11 is 0. The molecule has 0 N–H and O–H groups in total. The van der Waals surface area contributed by atoms with Gasteiger partial charge in [-0.15, -0.1) is 0 Å². The van der Waals surface area contributed by atoms with Gasteiger partial charge in [-0.2, -0.15) is 0 Å². The van der Waals surface area contributed by atoms with Crippen molar-refractivity contribution in [2.45, 2.75) is 19.5 Å². The van der Waals surface area contributed by atoms with Gasteiger partial charge in [0.1, 0.15) is 6.54 Å². The number of hydrogen-bond donors (Lipinski definition) is 0. The van der Waals surface area contributed by atoms with Crippen LogP contribution in [0.15, 0.2) is 18.2 Å². The third-order valence-corrected chi connectivity index (χ3v) is 4.75. The first-order chi connectivity index (χ1) is 9.16.